The number of nitrogens with zero attached hydrogens (tertiary/aromatic N) is 1. The summed E-state index contributed by atoms with van der Waals surface area (Å²) in [6.07, 6.45) is 8.83. The van der Waals surface area contributed by atoms with Gasteiger partial charge in [-0.05, 0) is 86.3 Å². The highest BCUT2D eigenvalue weighted by molar-refractivity contribution is 7.99. The smallest absolute Gasteiger partial charge is 0.254 e. The van der Waals surface area contributed by atoms with E-state index in [0.29, 0.717) is 22.7 Å². The minimum absolute atomic E-state index is 0.0177. The van der Waals surface area contributed by atoms with E-state index in [2.05, 4.69) is 34.6 Å². The summed E-state index contributed by atoms with van der Waals surface area (Å²) in [7, 11) is 0. The molecule has 1 amide bonds. The lowest BCUT2D eigenvalue weighted by atomic mass is 9.77. The van der Waals surface area contributed by atoms with E-state index in [1.165, 1.54) is 37.7 Å². The number of amides is 1. The molecular weight excluding hydrogens is 412 g/mol. The van der Waals surface area contributed by atoms with Gasteiger partial charge in [0.05, 0.1) is 5.56 Å². The maximum Gasteiger partial charge on any atom is 0.254 e. The minimum Gasteiger partial charge on any atom is -0.349 e. The Morgan fingerprint density at radius 2 is 1.80 bits per heavy atom. The van der Waals surface area contributed by atoms with Gasteiger partial charge in [-0.3, -0.25) is 4.79 Å². The molecule has 3 saturated carbocycles. The van der Waals surface area contributed by atoms with Gasteiger partial charge in [-0.25, -0.2) is 4.98 Å². The number of pyridine rings is 1. The fraction of sp³-hybridized carbons (Fsp3) is 0.520. The molecule has 3 fully saturated rings. The minimum atomic E-state index is 0.0177. The van der Waals surface area contributed by atoms with Crippen LogP contribution >= 0.6 is 23.4 Å². The third-order valence-corrected chi connectivity index (χ3v) is 8.66. The van der Waals surface area contributed by atoms with Crippen molar-refractivity contribution >= 4 is 29.3 Å². The van der Waals surface area contributed by atoms with Crippen molar-refractivity contribution in [2.75, 3.05) is 5.75 Å². The first-order valence-electron chi connectivity index (χ1n) is 11.3. The second-order valence-corrected chi connectivity index (χ2v) is 10.8. The number of fused-ring (bicyclic) bond motifs is 2. The van der Waals surface area contributed by atoms with Gasteiger partial charge in [0, 0.05) is 11.8 Å². The molecular formula is C25H29ClN2OS. The topological polar surface area (TPSA) is 42.0 Å². The molecule has 1 heterocycles. The average molecular weight is 441 g/mol. The second-order valence-electron chi connectivity index (χ2n) is 9.32. The van der Waals surface area contributed by atoms with Crippen LogP contribution in [0, 0.1) is 23.7 Å². The van der Waals surface area contributed by atoms with Crippen LogP contribution in [-0.4, -0.2) is 22.7 Å². The summed E-state index contributed by atoms with van der Waals surface area (Å²) in [6, 6.07) is 14.3. The molecule has 158 valence electrons. The zero-order valence-corrected chi connectivity index (χ0v) is 18.8. The molecule has 2 aromatic rings. The van der Waals surface area contributed by atoms with Crippen LogP contribution in [0.4, 0.5) is 0 Å². The standard InChI is InChI=1S/C25H29ClN2OS/c26-23-9-7-21(25(28-23)30-11-10-16-4-2-1-3-5-16)24(29)27-22-8-6-18-12-17-13-19(18)15-20(22)14-17/h1-5,7,9,17-20,22H,6,8,10-15H2,(H,27,29)/t17?,18?,19?,20?,22-/m1/s1. The van der Waals surface area contributed by atoms with Gasteiger partial charge >= 0.3 is 0 Å². The SMILES string of the molecule is O=C(N[C@@H]1CCC2CC3CC2CC1C3)c1ccc(Cl)nc1SCCc1ccccc1. The molecule has 5 heteroatoms. The molecule has 1 N–H and O–H groups in total. The first-order valence-corrected chi connectivity index (χ1v) is 12.7. The fourth-order valence-electron chi connectivity index (χ4n) is 6.09. The second kappa shape index (κ2) is 8.92. The Hall–Kier alpha value is -1.52. The maximum absolute atomic E-state index is 13.2. The van der Waals surface area contributed by atoms with E-state index in [4.69, 9.17) is 11.6 Å². The Morgan fingerprint density at radius 3 is 2.67 bits per heavy atom. The van der Waals surface area contributed by atoms with Crippen LogP contribution in [0.3, 0.4) is 0 Å². The third kappa shape index (κ3) is 4.40. The quantitative estimate of drug-likeness (QED) is 0.441. The molecule has 0 aliphatic heterocycles. The zero-order chi connectivity index (χ0) is 20.5. The monoisotopic (exact) mass is 440 g/mol. The molecule has 5 rings (SSSR count). The number of thioether (sulfide) groups is 1. The van der Waals surface area contributed by atoms with Crippen LogP contribution in [0.2, 0.25) is 5.15 Å². The van der Waals surface area contributed by atoms with Crippen molar-refractivity contribution in [3.8, 4) is 0 Å². The van der Waals surface area contributed by atoms with E-state index in [9.17, 15) is 4.79 Å². The highest BCUT2D eigenvalue weighted by atomic mass is 35.5. The normalized spacial score (nSPS) is 29.6. The van der Waals surface area contributed by atoms with Crippen molar-refractivity contribution < 1.29 is 4.79 Å². The van der Waals surface area contributed by atoms with Gasteiger partial charge < -0.3 is 5.32 Å². The lowest BCUT2D eigenvalue weighted by Gasteiger charge is -2.33. The van der Waals surface area contributed by atoms with Crippen molar-refractivity contribution in [2.24, 2.45) is 23.7 Å². The Balaban J connectivity index is 1.26. The highest BCUT2D eigenvalue weighted by Crippen LogP contribution is 2.53. The molecule has 5 atom stereocenters. The van der Waals surface area contributed by atoms with Crippen LogP contribution in [0.1, 0.15) is 54.4 Å². The molecule has 30 heavy (non-hydrogen) atoms. The predicted molar refractivity (Wildman–Crippen MR) is 123 cm³/mol. The van der Waals surface area contributed by atoms with Crippen molar-refractivity contribution in [1.29, 1.82) is 0 Å². The van der Waals surface area contributed by atoms with E-state index < -0.39 is 0 Å². The Kier molecular flexibility index (Phi) is 6.06. The van der Waals surface area contributed by atoms with E-state index in [0.717, 1.165) is 41.4 Å². The lowest BCUT2D eigenvalue weighted by molar-refractivity contribution is 0.0898. The largest absolute Gasteiger partial charge is 0.349 e. The van der Waals surface area contributed by atoms with E-state index in [1.54, 1.807) is 17.8 Å². The lowest BCUT2D eigenvalue weighted by Crippen LogP contribution is -2.42. The van der Waals surface area contributed by atoms with Gasteiger partial charge in [0.1, 0.15) is 10.2 Å². The molecule has 4 unspecified atom stereocenters. The Labute approximate surface area is 188 Å². The molecule has 1 aromatic heterocycles. The van der Waals surface area contributed by atoms with Crippen molar-refractivity contribution in [3.63, 3.8) is 0 Å². The Morgan fingerprint density at radius 1 is 1.00 bits per heavy atom. The molecule has 3 nitrogen and oxygen atoms in total. The molecule has 3 aliphatic carbocycles. The summed E-state index contributed by atoms with van der Waals surface area (Å²) in [4.78, 5) is 17.7. The zero-order valence-electron chi connectivity index (χ0n) is 17.2. The van der Waals surface area contributed by atoms with Crippen LogP contribution in [0.5, 0.6) is 0 Å². The van der Waals surface area contributed by atoms with E-state index in [1.807, 2.05) is 12.1 Å². The highest BCUT2D eigenvalue weighted by Gasteiger charge is 2.45. The Bertz CT molecular complexity index is 905. The summed E-state index contributed by atoms with van der Waals surface area (Å²) in [6.45, 7) is 0. The number of hydrogen-bond donors (Lipinski definition) is 1. The van der Waals surface area contributed by atoms with E-state index >= 15 is 0 Å². The van der Waals surface area contributed by atoms with Crippen LogP contribution in [-0.2, 0) is 6.42 Å². The summed E-state index contributed by atoms with van der Waals surface area (Å²) in [5.41, 5.74) is 1.96. The number of hydrogen-bond acceptors (Lipinski definition) is 3. The van der Waals surface area contributed by atoms with Gasteiger partial charge in [-0.1, -0.05) is 41.9 Å². The summed E-state index contributed by atoms with van der Waals surface area (Å²) in [5, 5.41) is 4.59. The summed E-state index contributed by atoms with van der Waals surface area (Å²) >= 11 is 7.78. The number of carbonyl (C=O) groups excluding carboxylic acids is 1. The fourth-order valence-corrected chi connectivity index (χ4v) is 7.30. The molecule has 0 spiro atoms. The number of benzene rings is 1. The summed E-state index contributed by atoms with van der Waals surface area (Å²) < 4.78 is 0. The molecule has 3 bridgehead atoms. The number of aryl methyl sites for hydroxylation is 1. The number of nitrogens with one attached hydrogen (secondary N) is 1. The van der Waals surface area contributed by atoms with Crippen LogP contribution in [0.25, 0.3) is 0 Å². The van der Waals surface area contributed by atoms with Gasteiger partial charge in [0.2, 0.25) is 0 Å². The van der Waals surface area contributed by atoms with E-state index in [-0.39, 0.29) is 5.91 Å². The molecule has 0 saturated heterocycles. The first kappa shape index (κ1) is 20.4. The number of aromatic nitrogens is 1. The predicted octanol–water partition coefficient (Wildman–Crippen LogP) is 6.01. The number of rotatable bonds is 6. The van der Waals surface area contributed by atoms with Gasteiger partial charge in [-0.2, -0.15) is 0 Å². The van der Waals surface area contributed by atoms with Crippen molar-refractivity contribution in [2.45, 2.75) is 56.0 Å². The average Bonchev–Trinajstić information content (AvgIpc) is 2.98. The van der Waals surface area contributed by atoms with Crippen LogP contribution in [0.15, 0.2) is 47.5 Å². The van der Waals surface area contributed by atoms with Crippen molar-refractivity contribution in [1.82, 2.24) is 10.3 Å². The first-order chi connectivity index (χ1) is 14.7. The number of halogens is 1. The molecule has 1 aromatic carbocycles. The van der Waals surface area contributed by atoms with Crippen molar-refractivity contribution in [3.05, 3.63) is 58.7 Å². The van der Waals surface area contributed by atoms with Crippen LogP contribution < -0.4 is 5.32 Å². The van der Waals surface area contributed by atoms with Gasteiger partial charge in [-0.15, -0.1) is 11.8 Å². The maximum atomic E-state index is 13.2. The number of carbonyl (C=O) groups is 1. The molecule has 0 radical (unpaired) electrons. The molecule has 3 aliphatic rings. The summed E-state index contributed by atoms with van der Waals surface area (Å²) in [5.74, 6) is 4.26. The third-order valence-electron chi connectivity index (χ3n) is 7.46. The van der Waals surface area contributed by atoms with Gasteiger partial charge in [0.15, 0.2) is 0 Å². The van der Waals surface area contributed by atoms with Gasteiger partial charge in [0.25, 0.3) is 5.91 Å².